The number of amides is 1. The molecule has 2 rings (SSSR count). The van der Waals surface area contributed by atoms with Crippen molar-refractivity contribution in [2.75, 3.05) is 6.61 Å². The van der Waals surface area contributed by atoms with Gasteiger partial charge in [0.15, 0.2) is 5.54 Å². The van der Waals surface area contributed by atoms with Gasteiger partial charge in [-0.15, -0.1) is 0 Å². The lowest BCUT2D eigenvalue weighted by Crippen LogP contribution is -2.49. The number of carboxylic acid groups (broad SMARTS) is 1. The molecule has 1 aliphatic rings. The van der Waals surface area contributed by atoms with E-state index in [0.29, 0.717) is 18.1 Å². The van der Waals surface area contributed by atoms with E-state index in [4.69, 9.17) is 4.74 Å². The van der Waals surface area contributed by atoms with Gasteiger partial charge in [-0.25, -0.2) is 9.59 Å². The molecule has 1 aliphatic carbocycles. The number of hydrogen-bond donors (Lipinski definition) is 2. The third-order valence-corrected chi connectivity index (χ3v) is 3.28. The third kappa shape index (κ3) is 3.24. The number of rotatable bonds is 5. The molecule has 1 fully saturated rings. The van der Waals surface area contributed by atoms with Gasteiger partial charge in [0.25, 0.3) is 0 Å². The molecule has 5 nitrogen and oxygen atoms in total. The molecule has 5 heteroatoms. The Morgan fingerprint density at radius 1 is 1.37 bits per heavy atom. The van der Waals surface area contributed by atoms with Crippen molar-refractivity contribution in [3.63, 3.8) is 0 Å². The normalized spacial score (nSPS) is 17.3. The Balaban J connectivity index is 2.06. The first kappa shape index (κ1) is 13.4. The number of hydrogen-bond acceptors (Lipinski definition) is 3. The summed E-state index contributed by atoms with van der Waals surface area (Å²) in [4.78, 5) is 23.1. The minimum atomic E-state index is -1.48. The number of carbonyl (C=O) groups is 2. The third-order valence-electron chi connectivity index (χ3n) is 3.28. The number of ether oxygens (including phenoxy) is 1. The second-order valence-corrected chi connectivity index (χ2v) is 4.96. The van der Waals surface area contributed by atoms with Crippen molar-refractivity contribution in [2.24, 2.45) is 5.92 Å². The topological polar surface area (TPSA) is 75.6 Å². The zero-order chi connectivity index (χ0) is 13.9. The highest BCUT2D eigenvalue weighted by Crippen LogP contribution is 2.29. The highest BCUT2D eigenvalue weighted by molar-refractivity contribution is 5.85. The van der Waals surface area contributed by atoms with Crippen LogP contribution in [0.15, 0.2) is 30.3 Å². The second-order valence-electron chi connectivity index (χ2n) is 4.96. The molecule has 0 bridgehead atoms. The van der Waals surface area contributed by atoms with Crippen LogP contribution in [-0.4, -0.2) is 23.8 Å². The number of carbonyl (C=O) groups excluding carboxylic acids is 1. The zero-order valence-corrected chi connectivity index (χ0v) is 10.8. The van der Waals surface area contributed by atoms with Crippen LogP contribution in [0.4, 0.5) is 4.79 Å². The molecule has 1 aromatic rings. The zero-order valence-electron chi connectivity index (χ0n) is 10.8. The first-order valence-electron chi connectivity index (χ1n) is 6.26. The van der Waals surface area contributed by atoms with Gasteiger partial charge in [-0.1, -0.05) is 30.3 Å². The van der Waals surface area contributed by atoms with Crippen LogP contribution in [0.5, 0.6) is 0 Å². The molecule has 1 amide bonds. The Labute approximate surface area is 111 Å². The monoisotopic (exact) mass is 263 g/mol. The number of nitrogens with one attached hydrogen (secondary N) is 1. The summed E-state index contributed by atoms with van der Waals surface area (Å²) in [6, 6.07) is 8.57. The van der Waals surface area contributed by atoms with E-state index in [2.05, 4.69) is 5.32 Å². The summed E-state index contributed by atoms with van der Waals surface area (Å²) in [5.41, 5.74) is -0.979. The summed E-state index contributed by atoms with van der Waals surface area (Å²) >= 11 is 0. The summed E-state index contributed by atoms with van der Waals surface area (Å²) in [5.74, 6) is -0.680. The van der Waals surface area contributed by atoms with Crippen molar-refractivity contribution in [1.82, 2.24) is 5.32 Å². The van der Waals surface area contributed by atoms with Crippen LogP contribution in [0, 0.1) is 5.92 Å². The molecule has 2 N–H and O–H groups in total. The molecule has 19 heavy (non-hydrogen) atoms. The Bertz CT molecular complexity index is 470. The summed E-state index contributed by atoms with van der Waals surface area (Å²) in [5, 5.41) is 11.8. The minimum Gasteiger partial charge on any atom is -0.479 e. The van der Waals surface area contributed by atoms with Crippen molar-refractivity contribution in [2.45, 2.75) is 25.3 Å². The maximum absolute atomic E-state index is 11.7. The molecule has 0 aliphatic heterocycles. The van der Waals surface area contributed by atoms with E-state index in [9.17, 15) is 14.7 Å². The van der Waals surface area contributed by atoms with E-state index < -0.39 is 17.6 Å². The van der Waals surface area contributed by atoms with E-state index in [1.807, 2.05) is 0 Å². The fraction of sp³-hybridized carbons (Fsp3) is 0.429. The summed E-state index contributed by atoms with van der Waals surface area (Å²) in [7, 11) is 0. The van der Waals surface area contributed by atoms with Crippen LogP contribution in [0.3, 0.4) is 0 Å². The van der Waals surface area contributed by atoms with Gasteiger partial charge < -0.3 is 15.2 Å². The summed E-state index contributed by atoms with van der Waals surface area (Å²) in [6.07, 6.45) is 1.45. The SMILES string of the molecule is CC(NC(=O)OCC1CC1)(C(=O)O)c1ccccc1. The smallest absolute Gasteiger partial charge is 0.408 e. The Morgan fingerprint density at radius 2 is 2.00 bits per heavy atom. The first-order chi connectivity index (χ1) is 9.02. The quantitative estimate of drug-likeness (QED) is 0.853. The van der Waals surface area contributed by atoms with Crippen LogP contribution in [0.25, 0.3) is 0 Å². The van der Waals surface area contributed by atoms with Crippen molar-refractivity contribution in [1.29, 1.82) is 0 Å². The van der Waals surface area contributed by atoms with Crippen molar-refractivity contribution < 1.29 is 19.4 Å². The van der Waals surface area contributed by atoms with Gasteiger partial charge in [0, 0.05) is 0 Å². The van der Waals surface area contributed by atoms with E-state index in [1.54, 1.807) is 30.3 Å². The fourth-order valence-electron chi connectivity index (χ4n) is 1.74. The molecular formula is C14H17NO4. The predicted molar refractivity (Wildman–Crippen MR) is 68.6 cm³/mol. The lowest BCUT2D eigenvalue weighted by Gasteiger charge is -2.26. The van der Waals surface area contributed by atoms with Crippen molar-refractivity contribution in [3.05, 3.63) is 35.9 Å². The van der Waals surface area contributed by atoms with Crippen LogP contribution in [-0.2, 0) is 15.1 Å². The Hall–Kier alpha value is -2.04. The molecule has 0 saturated heterocycles. The standard InChI is InChI=1S/C14H17NO4/c1-14(12(16)17,11-5-3-2-4-6-11)15-13(18)19-9-10-7-8-10/h2-6,10H,7-9H2,1H3,(H,15,18)(H,16,17). The van der Waals surface area contributed by atoms with E-state index >= 15 is 0 Å². The van der Waals surface area contributed by atoms with E-state index in [1.165, 1.54) is 6.92 Å². The van der Waals surface area contributed by atoms with Crippen LogP contribution in [0.1, 0.15) is 25.3 Å². The van der Waals surface area contributed by atoms with Gasteiger partial charge in [-0.05, 0) is 31.2 Å². The lowest BCUT2D eigenvalue weighted by molar-refractivity contribution is -0.144. The number of carboxylic acids is 1. The molecule has 102 valence electrons. The molecule has 0 radical (unpaired) electrons. The molecule has 0 spiro atoms. The number of alkyl carbamates (subject to hydrolysis) is 1. The molecule has 1 unspecified atom stereocenters. The highest BCUT2D eigenvalue weighted by atomic mass is 16.5. The predicted octanol–water partition coefficient (Wildman–Crippen LogP) is 2.12. The average Bonchev–Trinajstić information content (AvgIpc) is 3.21. The second kappa shape index (κ2) is 5.30. The maximum atomic E-state index is 11.7. The molecule has 1 atom stereocenters. The summed E-state index contributed by atoms with van der Waals surface area (Å²) < 4.78 is 5.02. The average molecular weight is 263 g/mol. The summed E-state index contributed by atoms with van der Waals surface area (Å²) in [6.45, 7) is 1.80. The molecule has 1 saturated carbocycles. The van der Waals surface area contributed by atoms with Crippen molar-refractivity contribution >= 4 is 12.1 Å². The van der Waals surface area contributed by atoms with Crippen LogP contribution >= 0.6 is 0 Å². The van der Waals surface area contributed by atoms with Crippen LogP contribution < -0.4 is 5.32 Å². The number of benzene rings is 1. The largest absolute Gasteiger partial charge is 0.479 e. The van der Waals surface area contributed by atoms with Gasteiger partial charge >= 0.3 is 12.1 Å². The van der Waals surface area contributed by atoms with Gasteiger partial charge in [0.2, 0.25) is 0 Å². The van der Waals surface area contributed by atoms with Gasteiger partial charge in [0.05, 0.1) is 6.61 Å². The van der Waals surface area contributed by atoms with Gasteiger partial charge in [0.1, 0.15) is 0 Å². The first-order valence-corrected chi connectivity index (χ1v) is 6.26. The Morgan fingerprint density at radius 3 is 2.53 bits per heavy atom. The van der Waals surface area contributed by atoms with E-state index in [0.717, 1.165) is 12.8 Å². The fourth-order valence-corrected chi connectivity index (χ4v) is 1.74. The maximum Gasteiger partial charge on any atom is 0.408 e. The molecular weight excluding hydrogens is 246 g/mol. The molecule has 0 heterocycles. The molecule has 1 aromatic carbocycles. The van der Waals surface area contributed by atoms with Crippen molar-refractivity contribution in [3.8, 4) is 0 Å². The van der Waals surface area contributed by atoms with Gasteiger partial charge in [-0.3, -0.25) is 0 Å². The lowest BCUT2D eigenvalue weighted by atomic mass is 9.92. The van der Waals surface area contributed by atoms with Crippen LogP contribution in [0.2, 0.25) is 0 Å². The minimum absolute atomic E-state index is 0.357. The Kier molecular flexibility index (Phi) is 3.74. The number of aliphatic carboxylic acids is 1. The highest BCUT2D eigenvalue weighted by Gasteiger charge is 2.37. The molecule has 0 aromatic heterocycles. The van der Waals surface area contributed by atoms with Gasteiger partial charge in [-0.2, -0.15) is 0 Å². The van der Waals surface area contributed by atoms with E-state index in [-0.39, 0.29) is 0 Å².